The van der Waals surface area contributed by atoms with E-state index >= 15 is 0 Å². The zero-order valence-corrected chi connectivity index (χ0v) is 16.3. The van der Waals surface area contributed by atoms with Crippen LogP contribution < -0.4 is 9.93 Å². The Labute approximate surface area is 158 Å². The van der Waals surface area contributed by atoms with Gasteiger partial charge >= 0.3 is 146 Å². The molecule has 2 rings (SSSR count). The Bertz CT molecular complexity index is 847. The summed E-state index contributed by atoms with van der Waals surface area (Å²) in [5.41, 5.74) is -1.73. The van der Waals surface area contributed by atoms with Crippen LogP contribution in [0.25, 0.3) is 11.0 Å². The Morgan fingerprint density at radius 3 is 2.35 bits per heavy atom. The van der Waals surface area contributed by atoms with E-state index in [-0.39, 0.29) is 23.6 Å². The molecule has 0 aliphatic heterocycles. The number of nitrogens with one attached hydrogen (secondary N) is 1. The van der Waals surface area contributed by atoms with Crippen molar-refractivity contribution in [2.24, 2.45) is 0 Å². The zero-order valence-electron chi connectivity index (χ0n) is 13.6. The first-order chi connectivity index (χ1) is 11.8. The summed E-state index contributed by atoms with van der Waals surface area (Å²) in [5, 5.41) is 2.43. The van der Waals surface area contributed by atoms with Crippen molar-refractivity contribution in [1.29, 1.82) is 0 Å². The average Bonchev–Trinajstić information content (AvgIpc) is 2.97. The number of methoxy groups -OCH3 is 1. The van der Waals surface area contributed by atoms with E-state index in [1.807, 2.05) is 6.92 Å². The van der Waals surface area contributed by atoms with Gasteiger partial charge in [-0.25, -0.2) is 0 Å². The van der Waals surface area contributed by atoms with Gasteiger partial charge in [-0.2, -0.15) is 0 Å². The molecule has 0 unspecified atom stereocenters. The smallest absolute Gasteiger partial charge is 0.147 e. The fourth-order valence-electron chi connectivity index (χ4n) is 2.01. The standard InChI is InChI=1S/C14H13AsF4N3O3.ClH/c1-3-4-5-20-14(24)22-11-9(19)7(17)6(16)8(18)10(11)21-12(22)15-13(23)25-2;/h3-5H2,1-2H3,(H,20,24);1H. The zero-order chi connectivity index (χ0) is 18.7. The first-order valence-corrected chi connectivity index (χ1v) is 9.03. The molecule has 12 heteroatoms. The van der Waals surface area contributed by atoms with Crippen molar-refractivity contribution in [2.45, 2.75) is 19.8 Å². The molecular formula is C14H14AsClF4N3O3. The fourth-order valence-corrected chi connectivity index (χ4v) is 3.47. The maximum Gasteiger partial charge on any atom is -0.147 e. The first kappa shape index (κ1) is 22.2. The van der Waals surface area contributed by atoms with Crippen LogP contribution in [0, 0.1) is 23.3 Å². The molecule has 0 saturated heterocycles. The van der Waals surface area contributed by atoms with Gasteiger partial charge in [-0.3, -0.25) is 0 Å². The number of imidazole rings is 1. The Hall–Kier alpha value is -1.80. The number of unbranched alkanes of at least 4 members (excludes halogenated alkanes) is 1. The van der Waals surface area contributed by atoms with Gasteiger partial charge in [-0.1, -0.05) is 0 Å². The molecular weight excluding hydrogens is 445 g/mol. The van der Waals surface area contributed by atoms with Crippen molar-refractivity contribution >= 4 is 54.6 Å². The summed E-state index contributed by atoms with van der Waals surface area (Å²) in [6, 6.07) is -0.922. The number of amides is 1. The third-order valence-electron chi connectivity index (χ3n) is 3.23. The summed E-state index contributed by atoms with van der Waals surface area (Å²) in [7, 11) is 1.09. The van der Waals surface area contributed by atoms with Crippen LogP contribution in [0.15, 0.2) is 0 Å². The average molecular weight is 459 g/mol. The molecule has 1 heterocycles. The van der Waals surface area contributed by atoms with Crippen LogP contribution in [0.2, 0.25) is 0 Å². The monoisotopic (exact) mass is 458 g/mol. The number of aromatic nitrogens is 2. The summed E-state index contributed by atoms with van der Waals surface area (Å²) in [4.78, 5) is 27.4. The van der Waals surface area contributed by atoms with E-state index in [1.54, 1.807) is 0 Å². The van der Waals surface area contributed by atoms with E-state index in [9.17, 15) is 27.2 Å². The van der Waals surface area contributed by atoms with Crippen molar-refractivity contribution < 1.29 is 31.9 Å². The number of fused-ring (bicyclic) bond motifs is 1. The number of ether oxygens (including phenoxy) is 1. The van der Waals surface area contributed by atoms with Crippen molar-refractivity contribution in [1.82, 2.24) is 14.9 Å². The van der Waals surface area contributed by atoms with Crippen LogP contribution in [0.3, 0.4) is 0 Å². The van der Waals surface area contributed by atoms with E-state index in [0.717, 1.165) is 13.5 Å². The molecule has 0 bridgehead atoms. The number of rotatable bonds is 5. The van der Waals surface area contributed by atoms with Gasteiger partial charge in [-0.05, 0) is 0 Å². The van der Waals surface area contributed by atoms with Crippen LogP contribution >= 0.6 is 12.4 Å². The van der Waals surface area contributed by atoms with Gasteiger partial charge in [0.1, 0.15) is 0 Å². The molecule has 1 amide bonds. The Morgan fingerprint density at radius 2 is 1.77 bits per heavy atom. The molecule has 1 aromatic carbocycles. The molecule has 0 aliphatic carbocycles. The molecule has 0 saturated carbocycles. The quantitative estimate of drug-likeness (QED) is 0.246. The van der Waals surface area contributed by atoms with Gasteiger partial charge in [0.2, 0.25) is 0 Å². The van der Waals surface area contributed by atoms with Crippen LogP contribution in [0.5, 0.6) is 0 Å². The summed E-state index contributed by atoms with van der Waals surface area (Å²) in [6.07, 6.45) is 1.37. The Morgan fingerprint density at radius 1 is 1.15 bits per heavy atom. The van der Waals surface area contributed by atoms with Crippen LogP contribution in [-0.2, 0) is 4.74 Å². The van der Waals surface area contributed by atoms with E-state index in [0.29, 0.717) is 11.0 Å². The molecule has 1 N–H and O–H groups in total. The van der Waals surface area contributed by atoms with Crippen LogP contribution in [0.1, 0.15) is 19.8 Å². The summed E-state index contributed by atoms with van der Waals surface area (Å²) >= 11 is -1.59. The molecule has 2 aromatic rings. The third kappa shape index (κ3) is 4.12. The number of carbonyl (C=O) groups excluding carboxylic acids is 2. The Kier molecular flexibility index (Phi) is 7.89. The number of hydrogen-bond acceptors (Lipinski definition) is 4. The van der Waals surface area contributed by atoms with Gasteiger partial charge in [0.05, 0.1) is 0 Å². The fraction of sp³-hybridized carbons (Fsp3) is 0.357. The Balaban J connectivity index is 0.00000338. The topological polar surface area (TPSA) is 73.2 Å². The molecule has 0 aliphatic rings. The minimum atomic E-state index is -2.06. The minimum absolute atomic E-state index is 0. The minimum Gasteiger partial charge on any atom is -0.147 e. The predicted octanol–water partition coefficient (Wildman–Crippen LogP) is 2.47. The normalized spacial score (nSPS) is 11.0. The first-order valence-electron chi connectivity index (χ1n) is 7.15. The van der Waals surface area contributed by atoms with Crippen molar-refractivity contribution in [2.75, 3.05) is 13.7 Å². The summed E-state index contributed by atoms with van der Waals surface area (Å²) < 4.78 is 59.0. The second-order valence-corrected chi connectivity index (χ2v) is 6.94. The number of nitrogens with zero attached hydrogens (tertiary/aromatic N) is 2. The van der Waals surface area contributed by atoms with E-state index in [1.165, 1.54) is 0 Å². The van der Waals surface area contributed by atoms with Gasteiger partial charge in [0, 0.05) is 0 Å². The van der Waals surface area contributed by atoms with Crippen molar-refractivity contribution in [3.8, 4) is 0 Å². The van der Waals surface area contributed by atoms with Gasteiger partial charge in [0.15, 0.2) is 0 Å². The predicted molar refractivity (Wildman–Crippen MR) is 88.3 cm³/mol. The van der Waals surface area contributed by atoms with E-state index < -0.39 is 60.8 Å². The van der Waals surface area contributed by atoms with Gasteiger partial charge in [-0.15, -0.1) is 12.4 Å². The maximum absolute atomic E-state index is 14.2. The molecule has 26 heavy (non-hydrogen) atoms. The maximum atomic E-state index is 14.2. The molecule has 1 radical (unpaired) electrons. The van der Waals surface area contributed by atoms with Crippen LogP contribution in [-0.4, -0.2) is 49.7 Å². The van der Waals surface area contributed by atoms with E-state index in [4.69, 9.17) is 0 Å². The molecule has 6 nitrogen and oxygen atoms in total. The van der Waals surface area contributed by atoms with Crippen molar-refractivity contribution in [3.05, 3.63) is 23.3 Å². The second-order valence-electron chi connectivity index (χ2n) is 4.87. The summed E-state index contributed by atoms with van der Waals surface area (Å²) in [5.74, 6) is -7.60. The molecule has 1 aromatic heterocycles. The van der Waals surface area contributed by atoms with Crippen LogP contribution in [0.4, 0.5) is 27.2 Å². The van der Waals surface area contributed by atoms with Crippen molar-refractivity contribution in [3.63, 3.8) is 0 Å². The second kappa shape index (κ2) is 9.23. The molecule has 0 spiro atoms. The number of carbonyl (C=O) groups is 2. The van der Waals surface area contributed by atoms with Gasteiger partial charge < -0.3 is 0 Å². The summed E-state index contributed by atoms with van der Waals surface area (Å²) in [6.45, 7) is 2.09. The number of halogens is 5. The molecule has 0 fully saturated rings. The molecule has 143 valence electrons. The largest absolute Gasteiger partial charge is 0.147 e. The van der Waals surface area contributed by atoms with Gasteiger partial charge in [0.25, 0.3) is 0 Å². The SMILES string of the molecule is CCCCNC(=O)n1c([As]C(=O)OC)nc2c(F)c(F)c(F)c(F)c21.Cl. The number of hydrogen-bond donors (Lipinski definition) is 1. The molecule has 0 atom stereocenters. The van der Waals surface area contributed by atoms with E-state index in [2.05, 4.69) is 15.0 Å². The third-order valence-corrected chi connectivity index (χ3v) is 5.04. The number of benzene rings is 1.